The number of phenols is 1. The molecule has 21 heavy (non-hydrogen) atoms. The van der Waals surface area contributed by atoms with Gasteiger partial charge in [0.1, 0.15) is 0 Å². The molecule has 118 valence electrons. The third kappa shape index (κ3) is 4.33. The Morgan fingerprint density at radius 1 is 1.38 bits per heavy atom. The summed E-state index contributed by atoms with van der Waals surface area (Å²) in [5.41, 5.74) is -2.17. The van der Waals surface area contributed by atoms with Gasteiger partial charge in [0.2, 0.25) is 5.82 Å². The van der Waals surface area contributed by atoms with Crippen molar-refractivity contribution in [3.05, 3.63) is 29.1 Å². The molecule has 1 aromatic carbocycles. The van der Waals surface area contributed by atoms with Crippen LogP contribution < -0.4 is 5.32 Å². The van der Waals surface area contributed by atoms with Crippen LogP contribution in [0.5, 0.6) is 5.75 Å². The van der Waals surface area contributed by atoms with Crippen molar-refractivity contribution in [2.45, 2.75) is 18.9 Å². The van der Waals surface area contributed by atoms with E-state index in [4.69, 9.17) is 9.84 Å². The lowest BCUT2D eigenvalue weighted by atomic mass is 10.0. The molecule has 1 atom stereocenters. The van der Waals surface area contributed by atoms with E-state index in [1.54, 1.807) is 0 Å². The second-order valence-corrected chi connectivity index (χ2v) is 4.80. The standard InChI is InChI=1S/C13H16F3NO4/c1-13(20,3-4-21-2)6-17-12(19)7-5-8(14)10(16)11(18)9(7)15/h5,18,20H,3-4,6H2,1-2H3,(H,17,19). The first-order valence-electron chi connectivity index (χ1n) is 6.05. The van der Waals surface area contributed by atoms with Crippen LogP contribution in [0.1, 0.15) is 23.7 Å². The van der Waals surface area contributed by atoms with Gasteiger partial charge in [0, 0.05) is 26.7 Å². The van der Waals surface area contributed by atoms with Crippen molar-refractivity contribution in [2.75, 3.05) is 20.3 Å². The Morgan fingerprint density at radius 3 is 2.57 bits per heavy atom. The van der Waals surface area contributed by atoms with Crippen LogP contribution >= 0.6 is 0 Å². The van der Waals surface area contributed by atoms with Crippen LogP contribution in [-0.2, 0) is 4.74 Å². The topological polar surface area (TPSA) is 78.8 Å². The maximum absolute atomic E-state index is 13.5. The SMILES string of the molecule is COCCC(C)(O)CNC(=O)c1cc(F)c(F)c(O)c1F. The highest BCUT2D eigenvalue weighted by atomic mass is 19.2. The second-order valence-electron chi connectivity index (χ2n) is 4.80. The molecular formula is C13H16F3NO4. The summed E-state index contributed by atoms with van der Waals surface area (Å²) in [7, 11) is 1.44. The maximum Gasteiger partial charge on any atom is 0.254 e. The number of carbonyl (C=O) groups is 1. The van der Waals surface area contributed by atoms with Gasteiger partial charge in [-0.15, -0.1) is 0 Å². The normalized spacial score (nSPS) is 13.8. The number of carbonyl (C=O) groups excluding carboxylic acids is 1. The van der Waals surface area contributed by atoms with E-state index in [0.29, 0.717) is 6.07 Å². The highest BCUT2D eigenvalue weighted by Crippen LogP contribution is 2.25. The fraction of sp³-hybridized carbons (Fsp3) is 0.462. The Balaban J connectivity index is 2.82. The third-order valence-corrected chi connectivity index (χ3v) is 2.85. The largest absolute Gasteiger partial charge is 0.503 e. The van der Waals surface area contributed by atoms with E-state index >= 15 is 0 Å². The van der Waals surface area contributed by atoms with Gasteiger partial charge in [-0.1, -0.05) is 0 Å². The number of rotatable bonds is 6. The monoisotopic (exact) mass is 307 g/mol. The molecule has 1 unspecified atom stereocenters. The Kier molecular flexibility index (Phi) is 5.56. The Bertz CT molecular complexity index is 535. The molecule has 0 aliphatic carbocycles. The van der Waals surface area contributed by atoms with E-state index in [9.17, 15) is 23.1 Å². The number of amides is 1. The number of aromatic hydroxyl groups is 1. The fourth-order valence-corrected chi connectivity index (χ4v) is 1.53. The number of benzene rings is 1. The van der Waals surface area contributed by atoms with E-state index in [1.165, 1.54) is 14.0 Å². The fourth-order valence-electron chi connectivity index (χ4n) is 1.53. The number of aliphatic hydroxyl groups is 1. The van der Waals surface area contributed by atoms with Crippen molar-refractivity contribution in [3.8, 4) is 5.75 Å². The van der Waals surface area contributed by atoms with Crippen molar-refractivity contribution < 1.29 is 32.9 Å². The summed E-state index contributed by atoms with van der Waals surface area (Å²) in [4.78, 5) is 11.7. The predicted octanol–water partition coefficient (Wildman–Crippen LogP) is 1.33. The minimum absolute atomic E-state index is 0.204. The second kappa shape index (κ2) is 6.77. The lowest BCUT2D eigenvalue weighted by molar-refractivity contribution is 0.0243. The first kappa shape index (κ1) is 17.3. The highest BCUT2D eigenvalue weighted by Gasteiger charge is 2.25. The number of nitrogens with one attached hydrogen (secondary N) is 1. The zero-order valence-corrected chi connectivity index (χ0v) is 11.5. The van der Waals surface area contributed by atoms with Crippen molar-refractivity contribution in [2.24, 2.45) is 0 Å². The van der Waals surface area contributed by atoms with E-state index in [1.807, 2.05) is 0 Å². The Labute approximate surface area is 119 Å². The molecule has 0 aromatic heterocycles. The maximum atomic E-state index is 13.5. The zero-order valence-electron chi connectivity index (χ0n) is 11.5. The molecule has 1 aromatic rings. The Hall–Kier alpha value is -1.80. The van der Waals surface area contributed by atoms with Crippen LogP contribution in [0.25, 0.3) is 0 Å². The minimum Gasteiger partial charge on any atom is -0.503 e. The number of halogens is 3. The van der Waals surface area contributed by atoms with Crippen molar-refractivity contribution in [1.82, 2.24) is 5.32 Å². The number of methoxy groups -OCH3 is 1. The first-order valence-corrected chi connectivity index (χ1v) is 6.05. The summed E-state index contributed by atoms with van der Waals surface area (Å²) in [6.45, 7) is 1.41. The van der Waals surface area contributed by atoms with Crippen molar-refractivity contribution >= 4 is 5.91 Å². The lowest BCUT2D eigenvalue weighted by Gasteiger charge is -2.23. The van der Waals surface area contributed by atoms with Crippen LogP contribution in [0.4, 0.5) is 13.2 Å². The van der Waals surface area contributed by atoms with E-state index in [-0.39, 0.29) is 19.6 Å². The molecule has 3 N–H and O–H groups in total. The summed E-state index contributed by atoms with van der Waals surface area (Å²) in [5, 5.41) is 21.1. The van der Waals surface area contributed by atoms with Crippen LogP contribution in [0.2, 0.25) is 0 Å². The quantitative estimate of drug-likeness (QED) is 0.693. The van der Waals surface area contributed by atoms with Crippen molar-refractivity contribution in [1.29, 1.82) is 0 Å². The van der Waals surface area contributed by atoms with Gasteiger partial charge in [-0.2, -0.15) is 4.39 Å². The molecule has 0 aliphatic heterocycles. The van der Waals surface area contributed by atoms with Gasteiger partial charge in [0.25, 0.3) is 5.91 Å². The molecule has 0 aliphatic rings. The molecular weight excluding hydrogens is 291 g/mol. The summed E-state index contributed by atoms with van der Waals surface area (Å²) >= 11 is 0. The molecule has 0 heterocycles. The smallest absolute Gasteiger partial charge is 0.254 e. The number of ether oxygens (including phenoxy) is 1. The van der Waals surface area contributed by atoms with Gasteiger partial charge in [-0.3, -0.25) is 4.79 Å². The number of hydrogen-bond donors (Lipinski definition) is 3. The summed E-state index contributed by atoms with van der Waals surface area (Å²) in [5.74, 6) is -7.53. The molecule has 8 heteroatoms. The van der Waals surface area contributed by atoms with Gasteiger partial charge < -0.3 is 20.3 Å². The van der Waals surface area contributed by atoms with Gasteiger partial charge in [0.05, 0.1) is 11.2 Å². The summed E-state index contributed by atoms with van der Waals surface area (Å²) in [6, 6.07) is 0.337. The molecule has 0 fully saturated rings. The van der Waals surface area contributed by atoms with Gasteiger partial charge in [-0.25, -0.2) is 8.78 Å². The minimum atomic E-state index is -1.77. The molecule has 0 spiro atoms. The molecule has 0 saturated carbocycles. The molecule has 1 amide bonds. The van der Waals surface area contributed by atoms with E-state index in [0.717, 1.165) is 0 Å². The number of phenolic OH excluding ortho intramolecular Hbond substituents is 1. The third-order valence-electron chi connectivity index (χ3n) is 2.85. The molecule has 0 saturated heterocycles. The van der Waals surface area contributed by atoms with E-state index < -0.39 is 40.3 Å². The lowest BCUT2D eigenvalue weighted by Crippen LogP contribution is -2.41. The van der Waals surface area contributed by atoms with E-state index in [2.05, 4.69) is 5.32 Å². The zero-order chi connectivity index (χ0) is 16.2. The highest BCUT2D eigenvalue weighted by molar-refractivity contribution is 5.95. The van der Waals surface area contributed by atoms with Gasteiger partial charge in [0.15, 0.2) is 17.4 Å². The summed E-state index contributed by atoms with van der Waals surface area (Å²) in [6.07, 6.45) is 0.204. The number of hydrogen-bond acceptors (Lipinski definition) is 4. The predicted molar refractivity (Wildman–Crippen MR) is 67.4 cm³/mol. The average molecular weight is 307 g/mol. The van der Waals surface area contributed by atoms with Crippen LogP contribution in [0.3, 0.4) is 0 Å². The van der Waals surface area contributed by atoms with Gasteiger partial charge in [-0.05, 0) is 13.0 Å². The molecule has 0 bridgehead atoms. The molecule has 5 nitrogen and oxygen atoms in total. The average Bonchev–Trinajstić information content (AvgIpc) is 2.44. The molecule has 1 rings (SSSR count). The van der Waals surface area contributed by atoms with Crippen LogP contribution in [0.15, 0.2) is 6.07 Å². The Morgan fingerprint density at radius 2 is 2.00 bits per heavy atom. The molecule has 0 radical (unpaired) electrons. The van der Waals surface area contributed by atoms with Crippen LogP contribution in [-0.4, -0.2) is 42.0 Å². The van der Waals surface area contributed by atoms with Gasteiger partial charge >= 0.3 is 0 Å². The van der Waals surface area contributed by atoms with Crippen LogP contribution in [0, 0.1) is 17.5 Å². The first-order chi connectivity index (χ1) is 9.69. The summed E-state index contributed by atoms with van der Waals surface area (Å²) < 4.78 is 44.3. The van der Waals surface area contributed by atoms with Crippen molar-refractivity contribution in [3.63, 3.8) is 0 Å².